The van der Waals surface area contributed by atoms with Crippen molar-refractivity contribution in [3.63, 3.8) is 0 Å². The molecule has 1 fully saturated rings. The second-order valence-corrected chi connectivity index (χ2v) is 7.52. The zero-order valence-corrected chi connectivity index (χ0v) is 17.5. The van der Waals surface area contributed by atoms with Gasteiger partial charge in [-0.05, 0) is 43.0 Å². The normalized spacial score (nSPS) is 15.3. The van der Waals surface area contributed by atoms with Gasteiger partial charge in [0, 0.05) is 24.7 Å². The molecule has 6 heteroatoms. The van der Waals surface area contributed by atoms with Crippen molar-refractivity contribution in [2.75, 3.05) is 20.2 Å². The largest absolute Gasteiger partial charge is 0.465 e. The molecular weight excluding hydrogens is 380 g/mol. The van der Waals surface area contributed by atoms with E-state index in [0.29, 0.717) is 37.1 Å². The molecule has 2 amide bonds. The second kappa shape index (κ2) is 10.1. The standard InChI is InChI=1S/C24H28N2O4/c1-3-21(17-8-5-4-6-9-17)23(28)26-14-12-20(13-15-26)25-22(27)18-10-7-11-19(16-18)24(29)30-2/h4-11,16,20-21H,3,12-15H2,1-2H3,(H,25,27). The molecule has 1 saturated heterocycles. The van der Waals surface area contributed by atoms with Crippen molar-refractivity contribution < 1.29 is 19.1 Å². The van der Waals surface area contributed by atoms with Crippen molar-refractivity contribution in [3.8, 4) is 0 Å². The van der Waals surface area contributed by atoms with Crippen molar-refractivity contribution in [2.24, 2.45) is 0 Å². The van der Waals surface area contributed by atoms with Gasteiger partial charge >= 0.3 is 5.97 Å². The molecule has 3 rings (SSSR count). The molecule has 1 N–H and O–H groups in total. The maximum Gasteiger partial charge on any atom is 0.337 e. The van der Waals surface area contributed by atoms with Gasteiger partial charge in [0.1, 0.15) is 0 Å². The second-order valence-electron chi connectivity index (χ2n) is 7.52. The minimum atomic E-state index is -0.472. The molecule has 30 heavy (non-hydrogen) atoms. The van der Waals surface area contributed by atoms with Crippen molar-refractivity contribution in [1.29, 1.82) is 0 Å². The molecule has 2 aromatic rings. The lowest BCUT2D eigenvalue weighted by Crippen LogP contribution is -2.47. The Balaban J connectivity index is 1.56. The average molecular weight is 408 g/mol. The number of nitrogens with zero attached hydrogens (tertiary/aromatic N) is 1. The van der Waals surface area contributed by atoms with Crippen LogP contribution in [0.15, 0.2) is 54.6 Å². The molecule has 1 atom stereocenters. The van der Waals surface area contributed by atoms with Crippen LogP contribution in [0.2, 0.25) is 0 Å². The molecule has 0 saturated carbocycles. The Labute approximate surface area is 177 Å². The molecule has 0 spiro atoms. The van der Waals surface area contributed by atoms with Gasteiger partial charge in [-0.2, -0.15) is 0 Å². The predicted molar refractivity (Wildman–Crippen MR) is 114 cm³/mol. The van der Waals surface area contributed by atoms with Crippen LogP contribution >= 0.6 is 0 Å². The third-order valence-electron chi connectivity index (χ3n) is 5.60. The number of ether oxygens (including phenoxy) is 1. The fourth-order valence-corrected chi connectivity index (χ4v) is 3.88. The van der Waals surface area contributed by atoms with E-state index < -0.39 is 5.97 Å². The van der Waals surface area contributed by atoms with Gasteiger partial charge in [-0.3, -0.25) is 9.59 Å². The number of rotatable bonds is 6. The zero-order valence-electron chi connectivity index (χ0n) is 17.5. The summed E-state index contributed by atoms with van der Waals surface area (Å²) in [4.78, 5) is 39.2. The van der Waals surface area contributed by atoms with Crippen LogP contribution in [0.3, 0.4) is 0 Å². The highest BCUT2D eigenvalue weighted by atomic mass is 16.5. The molecule has 6 nitrogen and oxygen atoms in total. The van der Waals surface area contributed by atoms with E-state index in [1.54, 1.807) is 18.2 Å². The number of likely N-dealkylation sites (tertiary alicyclic amines) is 1. The van der Waals surface area contributed by atoms with E-state index in [2.05, 4.69) is 5.32 Å². The minimum absolute atomic E-state index is 0.000125. The van der Waals surface area contributed by atoms with Crippen molar-refractivity contribution in [3.05, 3.63) is 71.3 Å². The highest BCUT2D eigenvalue weighted by molar-refractivity contribution is 5.98. The number of methoxy groups -OCH3 is 1. The summed E-state index contributed by atoms with van der Waals surface area (Å²) in [5.41, 5.74) is 1.81. The summed E-state index contributed by atoms with van der Waals surface area (Å²) in [6, 6.07) is 16.4. The van der Waals surface area contributed by atoms with Crippen LogP contribution in [0, 0.1) is 0 Å². The fraction of sp³-hybridized carbons (Fsp3) is 0.375. The number of carbonyl (C=O) groups is 3. The Morgan fingerprint density at radius 3 is 2.33 bits per heavy atom. The molecule has 2 aromatic carbocycles. The van der Waals surface area contributed by atoms with Gasteiger partial charge in [-0.15, -0.1) is 0 Å². The predicted octanol–water partition coefficient (Wildman–Crippen LogP) is 3.39. The number of esters is 1. The zero-order chi connectivity index (χ0) is 21.5. The van der Waals surface area contributed by atoms with Crippen molar-refractivity contribution >= 4 is 17.8 Å². The summed E-state index contributed by atoms with van der Waals surface area (Å²) in [5, 5.41) is 3.02. The van der Waals surface area contributed by atoms with Crippen LogP contribution in [0.5, 0.6) is 0 Å². The topological polar surface area (TPSA) is 75.7 Å². The van der Waals surface area contributed by atoms with Gasteiger partial charge in [0.2, 0.25) is 5.91 Å². The molecular formula is C24H28N2O4. The Bertz CT molecular complexity index is 889. The van der Waals surface area contributed by atoms with Crippen molar-refractivity contribution in [1.82, 2.24) is 10.2 Å². The number of piperidine rings is 1. The van der Waals surface area contributed by atoms with Crippen LogP contribution in [0.4, 0.5) is 0 Å². The molecule has 1 unspecified atom stereocenters. The van der Waals surface area contributed by atoms with Gasteiger partial charge in [-0.25, -0.2) is 4.79 Å². The lowest BCUT2D eigenvalue weighted by atomic mass is 9.93. The third-order valence-corrected chi connectivity index (χ3v) is 5.60. The Hall–Kier alpha value is -3.15. The van der Waals surface area contributed by atoms with Gasteiger partial charge in [-0.1, -0.05) is 43.3 Å². The highest BCUT2D eigenvalue weighted by Gasteiger charge is 2.29. The number of carbonyl (C=O) groups excluding carboxylic acids is 3. The van der Waals surface area contributed by atoms with Crippen molar-refractivity contribution in [2.45, 2.75) is 38.1 Å². The summed E-state index contributed by atoms with van der Waals surface area (Å²) in [6.45, 7) is 3.27. The van der Waals surface area contributed by atoms with E-state index in [1.807, 2.05) is 42.2 Å². The van der Waals surface area contributed by atoms with E-state index in [1.165, 1.54) is 13.2 Å². The summed E-state index contributed by atoms with van der Waals surface area (Å²) < 4.78 is 4.71. The smallest absolute Gasteiger partial charge is 0.337 e. The molecule has 0 aromatic heterocycles. The highest BCUT2D eigenvalue weighted by Crippen LogP contribution is 2.24. The van der Waals surface area contributed by atoms with E-state index in [9.17, 15) is 14.4 Å². The van der Waals surface area contributed by atoms with Crippen LogP contribution in [0.25, 0.3) is 0 Å². The number of hydrogen-bond donors (Lipinski definition) is 1. The van der Waals surface area contributed by atoms with Crippen LogP contribution in [-0.2, 0) is 9.53 Å². The maximum absolute atomic E-state index is 13.0. The van der Waals surface area contributed by atoms with E-state index in [-0.39, 0.29) is 23.8 Å². The molecule has 1 aliphatic rings. The Kier molecular flexibility index (Phi) is 7.22. The van der Waals surface area contributed by atoms with E-state index in [0.717, 1.165) is 12.0 Å². The lowest BCUT2D eigenvalue weighted by Gasteiger charge is -2.34. The summed E-state index contributed by atoms with van der Waals surface area (Å²) in [6.07, 6.45) is 2.18. The summed E-state index contributed by atoms with van der Waals surface area (Å²) in [7, 11) is 1.31. The molecule has 1 aliphatic heterocycles. The Morgan fingerprint density at radius 2 is 1.70 bits per heavy atom. The first-order chi connectivity index (χ1) is 14.5. The van der Waals surface area contributed by atoms with Gasteiger partial charge in [0.05, 0.1) is 18.6 Å². The van der Waals surface area contributed by atoms with Gasteiger partial charge in [0.25, 0.3) is 5.91 Å². The monoisotopic (exact) mass is 408 g/mol. The number of hydrogen-bond acceptors (Lipinski definition) is 4. The van der Waals surface area contributed by atoms with Crippen LogP contribution < -0.4 is 5.32 Å². The fourth-order valence-electron chi connectivity index (χ4n) is 3.88. The number of benzene rings is 2. The first-order valence-electron chi connectivity index (χ1n) is 10.4. The van der Waals surface area contributed by atoms with Gasteiger partial charge in [0.15, 0.2) is 0 Å². The summed E-state index contributed by atoms with van der Waals surface area (Å²) in [5.74, 6) is -0.667. The third kappa shape index (κ3) is 5.06. The Morgan fingerprint density at radius 1 is 1.03 bits per heavy atom. The van der Waals surface area contributed by atoms with Crippen LogP contribution in [0.1, 0.15) is 58.4 Å². The molecule has 1 heterocycles. The quantitative estimate of drug-likeness (QED) is 0.744. The lowest BCUT2D eigenvalue weighted by molar-refractivity contribution is -0.134. The molecule has 158 valence electrons. The first-order valence-corrected chi connectivity index (χ1v) is 10.4. The first kappa shape index (κ1) is 21.6. The van der Waals surface area contributed by atoms with E-state index in [4.69, 9.17) is 4.74 Å². The molecule has 0 radical (unpaired) electrons. The number of amides is 2. The van der Waals surface area contributed by atoms with Crippen LogP contribution in [-0.4, -0.2) is 48.9 Å². The minimum Gasteiger partial charge on any atom is -0.465 e. The SMILES string of the molecule is CCC(C(=O)N1CCC(NC(=O)c2cccc(C(=O)OC)c2)CC1)c1ccccc1. The maximum atomic E-state index is 13.0. The molecule has 0 bridgehead atoms. The van der Waals surface area contributed by atoms with Gasteiger partial charge < -0.3 is 15.0 Å². The molecule has 0 aliphatic carbocycles. The number of nitrogens with one attached hydrogen (secondary N) is 1. The summed E-state index contributed by atoms with van der Waals surface area (Å²) >= 11 is 0. The average Bonchev–Trinajstić information content (AvgIpc) is 2.80. The van der Waals surface area contributed by atoms with E-state index >= 15 is 0 Å².